The molecule has 0 aliphatic carbocycles. The summed E-state index contributed by atoms with van der Waals surface area (Å²) in [6, 6.07) is 6.63. The number of anilines is 1. The number of benzene rings is 1. The SMILES string of the molecule is C[C@H](NCc1ccc(NC(=O)CCCCCCC(=O)NO)cc1)C(=O)O. The van der Waals surface area contributed by atoms with Gasteiger partial charge in [-0.05, 0) is 37.5 Å². The zero-order valence-electron chi connectivity index (χ0n) is 15.0. The molecule has 0 aromatic heterocycles. The van der Waals surface area contributed by atoms with Crippen molar-refractivity contribution < 1.29 is 24.7 Å². The van der Waals surface area contributed by atoms with Crippen LogP contribution in [0.1, 0.15) is 51.0 Å². The maximum Gasteiger partial charge on any atom is 0.320 e. The minimum atomic E-state index is -0.898. The van der Waals surface area contributed by atoms with Crippen LogP contribution >= 0.6 is 0 Å². The molecule has 0 aliphatic rings. The summed E-state index contributed by atoms with van der Waals surface area (Å²) in [5.41, 5.74) is 3.22. The first-order chi connectivity index (χ1) is 12.4. The summed E-state index contributed by atoms with van der Waals surface area (Å²) in [5, 5.41) is 22.9. The highest BCUT2D eigenvalue weighted by atomic mass is 16.5. The van der Waals surface area contributed by atoms with Crippen LogP contribution in [0, 0.1) is 0 Å². The quantitative estimate of drug-likeness (QED) is 0.219. The molecule has 5 N–H and O–H groups in total. The van der Waals surface area contributed by atoms with E-state index < -0.39 is 12.0 Å². The highest BCUT2D eigenvalue weighted by Crippen LogP contribution is 2.11. The number of hydroxylamine groups is 1. The van der Waals surface area contributed by atoms with Gasteiger partial charge in [-0.1, -0.05) is 25.0 Å². The van der Waals surface area contributed by atoms with Gasteiger partial charge in [0, 0.05) is 25.1 Å². The van der Waals surface area contributed by atoms with Gasteiger partial charge in [-0.3, -0.25) is 19.6 Å². The van der Waals surface area contributed by atoms with Gasteiger partial charge in [0.1, 0.15) is 6.04 Å². The number of nitrogens with one attached hydrogen (secondary N) is 3. The van der Waals surface area contributed by atoms with Gasteiger partial charge in [0.05, 0.1) is 0 Å². The number of hydrogen-bond acceptors (Lipinski definition) is 5. The Bertz CT molecular complexity index is 589. The number of amides is 2. The van der Waals surface area contributed by atoms with E-state index in [1.54, 1.807) is 24.5 Å². The molecule has 8 heteroatoms. The van der Waals surface area contributed by atoms with Crippen molar-refractivity contribution in [3.05, 3.63) is 29.8 Å². The van der Waals surface area contributed by atoms with Crippen molar-refractivity contribution >= 4 is 23.5 Å². The van der Waals surface area contributed by atoms with Crippen molar-refractivity contribution in [2.45, 2.75) is 58.0 Å². The Hall–Kier alpha value is -2.45. The largest absolute Gasteiger partial charge is 0.480 e. The first kappa shape index (κ1) is 21.6. The third-order valence-corrected chi connectivity index (χ3v) is 3.90. The van der Waals surface area contributed by atoms with Crippen LogP contribution in [0.5, 0.6) is 0 Å². The summed E-state index contributed by atoms with van der Waals surface area (Å²) in [5.74, 6) is -1.35. The van der Waals surface area contributed by atoms with E-state index in [0.29, 0.717) is 25.1 Å². The maximum atomic E-state index is 11.9. The molecule has 1 rings (SSSR count). The van der Waals surface area contributed by atoms with Crippen LogP contribution in [0.15, 0.2) is 24.3 Å². The van der Waals surface area contributed by atoms with Crippen molar-refractivity contribution in [3.8, 4) is 0 Å². The van der Waals surface area contributed by atoms with Crippen LogP contribution < -0.4 is 16.1 Å². The molecule has 0 radical (unpaired) electrons. The Morgan fingerprint density at radius 1 is 0.962 bits per heavy atom. The number of unbranched alkanes of at least 4 members (excludes halogenated alkanes) is 3. The fourth-order valence-electron chi connectivity index (χ4n) is 2.27. The van der Waals surface area contributed by atoms with E-state index in [4.69, 9.17) is 10.3 Å². The summed E-state index contributed by atoms with van der Waals surface area (Å²) in [7, 11) is 0. The standard InChI is InChI=1S/C18H27N3O5/c1-13(18(24)25)19-12-14-8-10-15(11-9-14)20-16(22)6-4-2-3-5-7-17(23)21-26/h8-11,13,19,26H,2-7,12H2,1H3,(H,20,22)(H,21,23)(H,24,25)/t13-/m0/s1. The van der Waals surface area contributed by atoms with E-state index in [1.807, 2.05) is 12.1 Å². The molecule has 0 aliphatic heterocycles. The summed E-state index contributed by atoms with van der Waals surface area (Å²) in [6.45, 7) is 2.02. The summed E-state index contributed by atoms with van der Waals surface area (Å²) < 4.78 is 0. The lowest BCUT2D eigenvalue weighted by molar-refractivity contribution is -0.139. The normalized spacial score (nSPS) is 11.6. The molecular formula is C18H27N3O5. The van der Waals surface area contributed by atoms with Crippen LogP contribution in [0.3, 0.4) is 0 Å². The van der Waals surface area contributed by atoms with E-state index in [0.717, 1.165) is 24.8 Å². The van der Waals surface area contributed by atoms with E-state index in [2.05, 4.69) is 10.6 Å². The zero-order valence-corrected chi connectivity index (χ0v) is 15.0. The highest BCUT2D eigenvalue weighted by Gasteiger charge is 2.09. The molecule has 0 saturated carbocycles. The fourth-order valence-corrected chi connectivity index (χ4v) is 2.27. The topological polar surface area (TPSA) is 128 Å². The molecule has 26 heavy (non-hydrogen) atoms. The summed E-state index contributed by atoms with van der Waals surface area (Å²) in [4.78, 5) is 33.5. The van der Waals surface area contributed by atoms with Crippen LogP contribution in [-0.4, -0.2) is 34.1 Å². The van der Waals surface area contributed by atoms with Crippen molar-refractivity contribution in [2.75, 3.05) is 5.32 Å². The molecule has 0 spiro atoms. The van der Waals surface area contributed by atoms with Gasteiger partial charge in [0.2, 0.25) is 11.8 Å². The van der Waals surface area contributed by atoms with Crippen molar-refractivity contribution in [1.82, 2.24) is 10.8 Å². The molecule has 1 atom stereocenters. The predicted octanol–water partition coefficient (Wildman–Crippen LogP) is 2.03. The molecular weight excluding hydrogens is 338 g/mol. The third kappa shape index (κ3) is 9.14. The van der Waals surface area contributed by atoms with Gasteiger partial charge in [0.15, 0.2) is 0 Å². The van der Waals surface area contributed by atoms with Crippen molar-refractivity contribution in [2.24, 2.45) is 0 Å². The molecule has 0 heterocycles. The lowest BCUT2D eigenvalue weighted by Crippen LogP contribution is -2.33. The Kier molecular flexibility index (Phi) is 9.96. The average molecular weight is 365 g/mol. The van der Waals surface area contributed by atoms with Gasteiger partial charge in [-0.25, -0.2) is 5.48 Å². The number of aliphatic carboxylic acids is 1. The Balaban J connectivity index is 2.22. The molecule has 1 aromatic rings. The van der Waals surface area contributed by atoms with E-state index in [-0.39, 0.29) is 18.2 Å². The van der Waals surface area contributed by atoms with Crippen LogP contribution in [0.25, 0.3) is 0 Å². The predicted molar refractivity (Wildman–Crippen MR) is 96.6 cm³/mol. The molecule has 2 amide bonds. The van der Waals surface area contributed by atoms with Crippen molar-refractivity contribution in [1.29, 1.82) is 0 Å². The van der Waals surface area contributed by atoms with Crippen LogP contribution in [0.2, 0.25) is 0 Å². The lowest BCUT2D eigenvalue weighted by atomic mass is 10.1. The smallest absolute Gasteiger partial charge is 0.320 e. The number of carboxylic acid groups (broad SMARTS) is 1. The monoisotopic (exact) mass is 365 g/mol. The zero-order chi connectivity index (χ0) is 19.4. The van der Waals surface area contributed by atoms with Gasteiger partial charge in [-0.2, -0.15) is 0 Å². The minimum Gasteiger partial charge on any atom is -0.480 e. The molecule has 0 fully saturated rings. The number of hydrogen-bond donors (Lipinski definition) is 5. The van der Waals surface area contributed by atoms with Crippen LogP contribution in [-0.2, 0) is 20.9 Å². The van der Waals surface area contributed by atoms with E-state index in [1.165, 1.54) is 0 Å². The molecule has 144 valence electrons. The second kappa shape index (κ2) is 12.0. The Morgan fingerprint density at radius 2 is 1.54 bits per heavy atom. The van der Waals surface area contributed by atoms with Crippen molar-refractivity contribution in [3.63, 3.8) is 0 Å². The fraction of sp³-hybridized carbons (Fsp3) is 0.500. The number of carbonyl (C=O) groups is 3. The molecule has 8 nitrogen and oxygen atoms in total. The molecule has 0 unspecified atom stereocenters. The third-order valence-electron chi connectivity index (χ3n) is 3.90. The van der Waals surface area contributed by atoms with Gasteiger partial charge in [-0.15, -0.1) is 0 Å². The lowest BCUT2D eigenvalue weighted by Gasteiger charge is -2.10. The number of carbonyl (C=O) groups excluding carboxylic acids is 2. The van der Waals surface area contributed by atoms with Gasteiger partial charge < -0.3 is 15.7 Å². The molecule has 0 bridgehead atoms. The second-order valence-electron chi connectivity index (χ2n) is 6.14. The highest BCUT2D eigenvalue weighted by molar-refractivity contribution is 5.90. The van der Waals surface area contributed by atoms with Crippen LogP contribution in [0.4, 0.5) is 5.69 Å². The molecule has 1 aromatic carbocycles. The molecule has 0 saturated heterocycles. The Labute approximate surface area is 152 Å². The first-order valence-corrected chi connectivity index (χ1v) is 8.70. The first-order valence-electron chi connectivity index (χ1n) is 8.70. The van der Waals surface area contributed by atoms with Gasteiger partial charge in [0.25, 0.3) is 0 Å². The second-order valence-corrected chi connectivity index (χ2v) is 6.14. The number of carboxylic acids is 1. The number of rotatable bonds is 12. The maximum absolute atomic E-state index is 11.9. The van der Waals surface area contributed by atoms with Gasteiger partial charge >= 0.3 is 5.97 Å². The summed E-state index contributed by atoms with van der Waals surface area (Å²) in [6.07, 6.45) is 3.79. The Morgan fingerprint density at radius 3 is 2.08 bits per heavy atom. The average Bonchev–Trinajstić information content (AvgIpc) is 2.63. The minimum absolute atomic E-state index is 0.0662. The van der Waals surface area contributed by atoms with E-state index >= 15 is 0 Å². The van der Waals surface area contributed by atoms with E-state index in [9.17, 15) is 14.4 Å². The summed E-state index contributed by atoms with van der Waals surface area (Å²) >= 11 is 0.